The van der Waals surface area contributed by atoms with Crippen LogP contribution < -0.4 is 18.9 Å². The zero-order valence-corrected chi connectivity index (χ0v) is 15.4. The van der Waals surface area contributed by atoms with E-state index in [4.69, 9.17) is 18.9 Å². The van der Waals surface area contributed by atoms with Gasteiger partial charge in [-0.1, -0.05) is 60.7 Å². The molecule has 0 saturated heterocycles. The molecule has 0 atom stereocenters. The summed E-state index contributed by atoms with van der Waals surface area (Å²) in [6, 6.07) is 19.8. The maximum absolute atomic E-state index is 5.77. The summed E-state index contributed by atoms with van der Waals surface area (Å²) in [6.45, 7) is 0. The molecule has 0 aliphatic rings. The molecule has 0 unspecified atom stereocenters. The maximum atomic E-state index is 5.77. The van der Waals surface area contributed by atoms with Gasteiger partial charge in [-0.05, 0) is 11.1 Å². The lowest BCUT2D eigenvalue weighted by atomic mass is 9.95. The van der Waals surface area contributed by atoms with Crippen LogP contribution in [0.15, 0.2) is 60.7 Å². The van der Waals surface area contributed by atoms with Crippen LogP contribution >= 0.6 is 0 Å². The fraction of sp³-hybridized carbons (Fsp3) is 0.182. The number of ether oxygens (including phenoxy) is 4. The molecule has 0 saturated carbocycles. The molecule has 4 heteroatoms. The SMILES string of the molecule is COc1c(OC)c(-c2ccccc2)c(OC)c(OC)c1-c1ccccc1. The summed E-state index contributed by atoms with van der Waals surface area (Å²) in [4.78, 5) is 0. The second kappa shape index (κ2) is 7.83. The molecule has 0 spiro atoms. The first kappa shape index (κ1) is 17.7. The van der Waals surface area contributed by atoms with E-state index >= 15 is 0 Å². The van der Waals surface area contributed by atoms with Gasteiger partial charge in [-0.2, -0.15) is 0 Å². The standard InChI is InChI=1S/C22H22O4/c1-23-19-17(15-11-7-5-8-12-15)21(25-3)22(26-4)18(20(19)24-2)16-13-9-6-10-14-16/h5-14H,1-4H3. The minimum atomic E-state index is 0.607. The van der Waals surface area contributed by atoms with E-state index in [-0.39, 0.29) is 0 Å². The normalized spacial score (nSPS) is 10.3. The van der Waals surface area contributed by atoms with Gasteiger partial charge in [0.1, 0.15) is 0 Å². The van der Waals surface area contributed by atoms with Crippen LogP contribution in [0.2, 0.25) is 0 Å². The van der Waals surface area contributed by atoms with Crippen molar-refractivity contribution in [3.63, 3.8) is 0 Å². The van der Waals surface area contributed by atoms with Gasteiger partial charge in [0, 0.05) is 0 Å². The molecular formula is C22H22O4. The number of methoxy groups -OCH3 is 4. The Balaban J connectivity index is 2.45. The van der Waals surface area contributed by atoms with Gasteiger partial charge in [-0.25, -0.2) is 0 Å². The van der Waals surface area contributed by atoms with Crippen LogP contribution in [-0.4, -0.2) is 28.4 Å². The lowest BCUT2D eigenvalue weighted by Gasteiger charge is -2.23. The molecule has 0 aliphatic heterocycles. The van der Waals surface area contributed by atoms with Crippen LogP contribution in [0.5, 0.6) is 23.0 Å². The molecule has 26 heavy (non-hydrogen) atoms. The third-order valence-corrected chi connectivity index (χ3v) is 4.26. The zero-order valence-electron chi connectivity index (χ0n) is 15.4. The second-order valence-electron chi connectivity index (χ2n) is 5.62. The van der Waals surface area contributed by atoms with Gasteiger partial charge in [0.15, 0.2) is 23.0 Å². The average molecular weight is 350 g/mol. The van der Waals surface area contributed by atoms with Gasteiger partial charge in [0.25, 0.3) is 0 Å². The third kappa shape index (κ3) is 2.94. The Hall–Kier alpha value is -3.14. The van der Waals surface area contributed by atoms with Crippen molar-refractivity contribution in [3.05, 3.63) is 60.7 Å². The van der Waals surface area contributed by atoms with Crippen molar-refractivity contribution in [2.24, 2.45) is 0 Å². The van der Waals surface area contributed by atoms with Gasteiger partial charge < -0.3 is 18.9 Å². The highest BCUT2D eigenvalue weighted by Crippen LogP contribution is 2.56. The van der Waals surface area contributed by atoms with Crippen LogP contribution in [0.3, 0.4) is 0 Å². The molecule has 0 heterocycles. The molecule has 4 nitrogen and oxygen atoms in total. The molecule has 0 aromatic heterocycles. The summed E-state index contributed by atoms with van der Waals surface area (Å²) in [5, 5.41) is 0. The van der Waals surface area contributed by atoms with Crippen molar-refractivity contribution in [2.45, 2.75) is 0 Å². The number of hydrogen-bond donors (Lipinski definition) is 0. The van der Waals surface area contributed by atoms with E-state index < -0.39 is 0 Å². The predicted octanol–water partition coefficient (Wildman–Crippen LogP) is 5.06. The number of hydrogen-bond acceptors (Lipinski definition) is 4. The molecule has 3 rings (SSSR count). The van der Waals surface area contributed by atoms with Crippen molar-refractivity contribution in [1.82, 2.24) is 0 Å². The van der Waals surface area contributed by atoms with Crippen molar-refractivity contribution >= 4 is 0 Å². The molecule has 0 radical (unpaired) electrons. The summed E-state index contributed by atoms with van der Waals surface area (Å²) in [7, 11) is 6.52. The lowest BCUT2D eigenvalue weighted by Crippen LogP contribution is -2.03. The summed E-state index contributed by atoms with van der Waals surface area (Å²) in [6.07, 6.45) is 0. The van der Waals surface area contributed by atoms with E-state index in [0.717, 1.165) is 22.3 Å². The number of benzene rings is 3. The summed E-state index contributed by atoms with van der Waals surface area (Å²) < 4.78 is 23.1. The second-order valence-corrected chi connectivity index (χ2v) is 5.62. The Morgan fingerprint density at radius 3 is 0.923 bits per heavy atom. The van der Waals surface area contributed by atoms with E-state index in [1.165, 1.54) is 0 Å². The largest absolute Gasteiger partial charge is 0.492 e. The van der Waals surface area contributed by atoms with Crippen LogP contribution in [0, 0.1) is 0 Å². The summed E-state index contributed by atoms with van der Waals surface area (Å²) >= 11 is 0. The fourth-order valence-corrected chi connectivity index (χ4v) is 3.17. The molecular weight excluding hydrogens is 328 g/mol. The van der Waals surface area contributed by atoms with Gasteiger partial charge in [0.2, 0.25) is 0 Å². The molecule has 3 aromatic carbocycles. The smallest absolute Gasteiger partial charge is 0.173 e. The predicted molar refractivity (Wildman–Crippen MR) is 104 cm³/mol. The van der Waals surface area contributed by atoms with Crippen molar-refractivity contribution in [3.8, 4) is 45.3 Å². The minimum Gasteiger partial charge on any atom is -0.492 e. The van der Waals surface area contributed by atoms with Gasteiger partial charge in [-0.3, -0.25) is 0 Å². The Morgan fingerprint density at radius 2 is 0.692 bits per heavy atom. The van der Waals surface area contributed by atoms with Gasteiger partial charge in [0.05, 0.1) is 39.6 Å². The van der Waals surface area contributed by atoms with Crippen LogP contribution in [0.4, 0.5) is 0 Å². The quantitative estimate of drug-likeness (QED) is 0.623. The maximum Gasteiger partial charge on any atom is 0.173 e. The highest BCUT2D eigenvalue weighted by Gasteiger charge is 2.28. The van der Waals surface area contributed by atoms with Crippen LogP contribution in [-0.2, 0) is 0 Å². The summed E-state index contributed by atoms with van der Waals surface area (Å²) in [5.41, 5.74) is 3.50. The van der Waals surface area contributed by atoms with Crippen molar-refractivity contribution in [1.29, 1.82) is 0 Å². The first-order valence-electron chi connectivity index (χ1n) is 8.27. The first-order valence-corrected chi connectivity index (χ1v) is 8.27. The average Bonchev–Trinajstić information content (AvgIpc) is 2.72. The molecule has 0 N–H and O–H groups in total. The summed E-state index contributed by atoms with van der Waals surface area (Å²) in [5.74, 6) is 2.43. The van der Waals surface area contributed by atoms with E-state index in [9.17, 15) is 0 Å². The van der Waals surface area contributed by atoms with Gasteiger partial charge >= 0.3 is 0 Å². The highest BCUT2D eigenvalue weighted by molar-refractivity contribution is 5.93. The van der Waals surface area contributed by atoms with E-state index in [1.807, 2.05) is 60.7 Å². The topological polar surface area (TPSA) is 36.9 Å². The van der Waals surface area contributed by atoms with Crippen molar-refractivity contribution < 1.29 is 18.9 Å². The minimum absolute atomic E-state index is 0.607. The van der Waals surface area contributed by atoms with E-state index in [1.54, 1.807) is 28.4 Å². The lowest BCUT2D eigenvalue weighted by molar-refractivity contribution is 0.333. The molecule has 3 aromatic rings. The fourth-order valence-electron chi connectivity index (χ4n) is 3.17. The van der Waals surface area contributed by atoms with E-state index in [2.05, 4.69) is 0 Å². The Bertz CT molecular complexity index is 766. The zero-order chi connectivity index (χ0) is 18.5. The molecule has 0 amide bonds. The Kier molecular flexibility index (Phi) is 5.32. The van der Waals surface area contributed by atoms with Crippen LogP contribution in [0.25, 0.3) is 22.3 Å². The molecule has 0 aliphatic carbocycles. The monoisotopic (exact) mass is 350 g/mol. The van der Waals surface area contributed by atoms with Crippen LogP contribution in [0.1, 0.15) is 0 Å². The molecule has 0 bridgehead atoms. The molecule has 134 valence electrons. The van der Waals surface area contributed by atoms with Crippen molar-refractivity contribution in [2.75, 3.05) is 28.4 Å². The highest BCUT2D eigenvalue weighted by atomic mass is 16.5. The third-order valence-electron chi connectivity index (χ3n) is 4.26. The van der Waals surface area contributed by atoms with E-state index in [0.29, 0.717) is 23.0 Å². The first-order chi connectivity index (χ1) is 12.8. The Morgan fingerprint density at radius 1 is 0.423 bits per heavy atom. The molecule has 0 fully saturated rings. The number of rotatable bonds is 6. The Labute approximate surface area is 153 Å². The van der Waals surface area contributed by atoms with Gasteiger partial charge in [-0.15, -0.1) is 0 Å².